The van der Waals surface area contributed by atoms with Crippen LogP contribution in [0.25, 0.3) is 11.0 Å². The highest BCUT2D eigenvalue weighted by molar-refractivity contribution is 9.09. The van der Waals surface area contributed by atoms with Crippen molar-refractivity contribution < 1.29 is 9.32 Å². The van der Waals surface area contributed by atoms with Crippen LogP contribution in [0.2, 0.25) is 0 Å². The number of aromatic nitrogens is 1. The molecule has 0 bridgehead atoms. The van der Waals surface area contributed by atoms with E-state index in [4.69, 9.17) is 4.52 Å². The third-order valence-corrected chi connectivity index (χ3v) is 4.70. The second-order valence-corrected chi connectivity index (χ2v) is 6.31. The van der Waals surface area contributed by atoms with E-state index in [9.17, 15) is 4.79 Å². The highest BCUT2D eigenvalue weighted by Crippen LogP contribution is 2.26. The third-order valence-electron chi connectivity index (χ3n) is 4.14. The molecule has 5 heteroatoms. The molecule has 21 heavy (non-hydrogen) atoms. The van der Waals surface area contributed by atoms with E-state index in [0.29, 0.717) is 12.5 Å². The maximum Gasteiger partial charge on any atom is 0.228 e. The van der Waals surface area contributed by atoms with Gasteiger partial charge < -0.3 is 9.42 Å². The lowest BCUT2D eigenvalue weighted by Crippen LogP contribution is -2.45. The molecule has 1 aliphatic rings. The second kappa shape index (κ2) is 6.60. The number of amides is 1. The molecular formula is C16H19BrN2O2. The van der Waals surface area contributed by atoms with Crippen molar-refractivity contribution in [2.45, 2.75) is 38.1 Å². The SMILES string of the molecule is O=C(Cc1noc2ccccc12)N(CCCBr)C1CCC1. The van der Waals surface area contributed by atoms with Gasteiger partial charge in [0.2, 0.25) is 5.91 Å². The van der Waals surface area contributed by atoms with Crippen LogP contribution in [-0.2, 0) is 11.2 Å². The van der Waals surface area contributed by atoms with E-state index in [-0.39, 0.29) is 5.91 Å². The third kappa shape index (κ3) is 3.12. The summed E-state index contributed by atoms with van der Waals surface area (Å²) in [5.41, 5.74) is 1.50. The van der Waals surface area contributed by atoms with Crippen molar-refractivity contribution in [3.8, 4) is 0 Å². The Morgan fingerprint density at radius 1 is 1.38 bits per heavy atom. The van der Waals surface area contributed by atoms with Crippen LogP contribution in [0.1, 0.15) is 31.4 Å². The first-order valence-corrected chi connectivity index (χ1v) is 8.60. The first-order valence-electron chi connectivity index (χ1n) is 7.48. The Labute approximate surface area is 132 Å². The fourth-order valence-electron chi connectivity index (χ4n) is 2.75. The van der Waals surface area contributed by atoms with Crippen molar-refractivity contribution in [2.24, 2.45) is 0 Å². The number of carbonyl (C=O) groups is 1. The number of hydrogen-bond donors (Lipinski definition) is 0. The minimum atomic E-state index is 0.166. The van der Waals surface area contributed by atoms with Crippen molar-refractivity contribution >= 4 is 32.8 Å². The lowest BCUT2D eigenvalue weighted by Gasteiger charge is -2.37. The minimum absolute atomic E-state index is 0.166. The van der Waals surface area contributed by atoms with Crippen LogP contribution in [-0.4, -0.2) is 33.9 Å². The Kier molecular flexibility index (Phi) is 4.58. The molecule has 2 aromatic rings. The summed E-state index contributed by atoms with van der Waals surface area (Å²) >= 11 is 3.44. The van der Waals surface area contributed by atoms with Gasteiger partial charge in [-0.2, -0.15) is 0 Å². The summed E-state index contributed by atoms with van der Waals surface area (Å²) in [5.74, 6) is 0.166. The van der Waals surface area contributed by atoms with Crippen LogP contribution in [0.15, 0.2) is 28.8 Å². The molecule has 0 spiro atoms. The van der Waals surface area contributed by atoms with Crippen molar-refractivity contribution in [2.75, 3.05) is 11.9 Å². The van der Waals surface area contributed by atoms with E-state index in [0.717, 1.165) is 47.8 Å². The quantitative estimate of drug-likeness (QED) is 0.748. The molecule has 1 aromatic heterocycles. The molecule has 3 rings (SSSR count). The molecule has 4 nitrogen and oxygen atoms in total. The Bertz CT molecular complexity index is 622. The molecule has 1 aromatic carbocycles. The summed E-state index contributed by atoms with van der Waals surface area (Å²) in [6.45, 7) is 0.824. The predicted molar refractivity (Wildman–Crippen MR) is 85.5 cm³/mol. The Balaban J connectivity index is 1.73. The molecule has 1 aliphatic carbocycles. The molecule has 1 heterocycles. The van der Waals surface area contributed by atoms with Crippen molar-refractivity contribution in [1.82, 2.24) is 10.1 Å². The van der Waals surface area contributed by atoms with Gasteiger partial charge in [-0.3, -0.25) is 4.79 Å². The van der Waals surface area contributed by atoms with Crippen LogP contribution in [0, 0.1) is 0 Å². The van der Waals surface area contributed by atoms with Gasteiger partial charge in [-0.25, -0.2) is 0 Å². The number of nitrogens with zero attached hydrogens (tertiary/aromatic N) is 2. The van der Waals surface area contributed by atoms with E-state index < -0.39 is 0 Å². The Morgan fingerprint density at radius 3 is 2.90 bits per heavy atom. The van der Waals surface area contributed by atoms with Gasteiger partial charge in [0.1, 0.15) is 5.69 Å². The molecule has 0 unspecified atom stereocenters. The summed E-state index contributed by atoms with van der Waals surface area (Å²) in [7, 11) is 0. The number of rotatable bonds is 6. The van der Waals surface area contributed by atoms with Crippen molar-refractivity contribution in [1.29, 1.82) is 0 Å². The first-order chi connectivity index (χ1) is 10.3. The smallest absolute Gasteiger partial charge is 0.228 e. The fraction of sp³-hybridized carbons (Fsp3) is 0.500. The number of halogens is 1. The van der Waals surface area contributed by atoms with Crippen LogP contribution in [0.3, 0.4) is 0 Å². The van der Waals surface area contributed by atoms with Crippen molar-refractivity contribution in [3.05, 3.63) is 30.0 Å². The van der Waals surface area contributed by atoms with Gasteiger partial charge >= 0.3 is 0 Å². The highest BCUT2D eigenvalue weighted by atomic mass is 79.9. The number of carbonyl (C=O) groups excluding carboxylic acids is 1. The van der Waals surface area contributed by atoms with E-state index in [1.54, 1.807) is 0 Å². The van der Waals surface area contributed by atoms with E-state index in [1.807, 2.05) is 29.2 Å². The van der Waals surface area contributed by atoms with Crippen molar-refractivity contribution in [3.63, 3.8) is 0 Å². The predicted octanol–water partition coefficient (Wildman–Crippen LogP) is 3.54. The maximum atomic E-state index is 12.6. The number of fused-ring (bicyclic) bond motifs is 1. The summed E-state index contributed by atoms with van der Waals surface area (Å²) in [6, 6.07) is 8.12. The molecule has 1 amide bonds. The second-order valence-electron chi connectivity index (χ2n) is 5.52. The summed E-state index contributed by atoms with van der Waals surface area (Å²) < 4.78 is 5.28. The number of benzene rings is 1. The lowest BCUT2D eigenvalue weighted by atomic mass is 9.91. The molecule has 1 saturated carbocycles. The lowest BCUT2D eigenvalue weighted by molar-refractivity contribution is -0.134. The van der Waals surface area contributed by atoms with E-state index in [2.05, 4.69) is 21.1 Å². The molecular weight excluding hydrogens is 332 g/mol. The minimum Gasteiger partial charge on any atom is -0.356 e. The average molecular weight is 351 g/mol. The van der Waals surface area contributed by atoms with Gasteiger partial charge in [-0.15, -0.1) is 0 Å². The monoisotopic (exact) mass is 350 g/mol. The van der Waals surface area contributed by atoms with Gasteiger partial charge in [-0.1, -0.05) is 33.2 Å². The van der Waals surface area contributed by atoms with E-state index >= 15 is 0 Å². The first kappa shape index (κ1) is 14.6. The number of hydrogen-bond acceptors (Lipinski definition) is 3. The van der Waals surface area contributed by atoms with Gasteiger partial charge in [0.25, 0.3) is 0 Å². The van der Waals surface area contributed by atoms with Gasteiger partial charge in [0, 0.05) is 23.3 Å². The number of alkyl halides is 1. The largest absolute Gasteiger partial charge is 0.356 e. The van der Waals surface area contributed by atoms with Gasteiger partial charge in [0.05, 0.1) is 6.42 Å². The molecule has 0 saturated heterocycles. The zero-order valence-corrected chi connectivity index (χ0v) is 13.5. The Morgan fingerprint density at radius 2 is 2.19 bits per heavy atom. The molecule has 0 radical (unpaired) electrons. The molecule has 0 aliphatic heterocycles. The Hall–Kier alpha value is -1.36. The summed E-state index contributed by atoms with van der Waals surface area (Å²) in [6.07, 6.45) is 4.81. The standard InChI is InChI=1S/C16H19BrN2O2/c17-9-4-10-19(12-5-3-6-12)16(20)11-14-13-7-1-2-8-15(13)21-18-14/h1-2,7-8,12H,3-6,9-11H2. The zero-order chi connectivity index (χ0) is 14.7. The summed E-state index contributed by atoms with van der Waals surface area (Å²) in [4.78, 5) is 14.7. The van der Waals surface area contributed by atoms with Gasteiger partial charge in [0.15, 0.2) is 5.58 Å². The van der Waals surface area contributed by atoms with Crippen LogP contribution < -0.4 is 0 Å². The fourth-order valence-corrected chi connectivity index (χ4v) is 3.00. The molecule has 112 valence electrons. The zero-order valence-electron chi connectivity index (χ0n) is 11.9. The van der Waals surface area contributed by atoms with Crippen LogP contribution >= 0.6 is 15.9 Å². The average Bonchev–Trinajstić information content (AvgIpc) is 2.84. The molecule has 1 fully saturated rings. The van der Waals surface area contributed by atoms with Crippen LogP contribution in [0.4, 0.5) is 0 Å². The molecule has 0 atom stereocenters. The summed E-state index contributed by atoms with van der Waals surface area (Å²) in [5, 5.41) is 5.94. The maximum absolute atomic E-state index is 12.6. The van der Waals surface area contributed by atoms with Gasteiger partial charge in [-0.05, 0) is 37.8 Å². The highest BCUT2D eigenvalue weighted by Gasteiger charge is 2.29. The normalized spacial score (nSPS) is 15.1. The number of para-hydroxylation sites is 1. The van der Waals surface area contributed by atoms with E-state index in [1.165, 1.54) is 6.42 Å². The topological polar surface area (TPSA) is 46.3 Å². The van der Waals surface area contributed by atoms with Crippen LogP contribution in [0.5, 0.6) is 0 Å². The molecule has 0 N–H and O–H groups in total.